The third-order valence-electron chi connectivity index (χ3n) is 20.7. The zero-order valence-electron chi connectivity index (χ0n) is 44.9. The normalized spacial score (nSPS) is 52.6. The summed E-state index contributed by atoms with van der Waals surface area (Å²) in [5, 5.41) is 161. The fourth-order valence-corrected chi connectivity index (χ4v) is 16.0. The highest BCUT2D eigenvalue weighted by Crippen LogP contribution is 2.76. The summed E-state index contributed by atoms with van der Waals surface area (Å²) in [5.41, 5.74) is -2.03. The van der Waals surface area contributed by atoms with E-state index in [-0.39, 0.29) is 47.7 Å². The van der Waals surface area contributed by atoms with Gasteiger partial charge in [0.2, 0.25) is 0 Å². The first-order valence-corrected chi connectivity index (χ1v) is 27.5. The van der Waals surface area contributed by atoms with Crippen LogP contribution in [0.4, 0.5) is 0 Å². The maximum Gasteiger partial charge on any atom is 0.187 e. The molecule has 23 heteroatoms. The molecule has 15 N–H and O–H groups in total. The lowest BCUT2D eigenvalue weighted by atomic mass is 9.35. The van der Waals surface area contributed by atoms with Crippen molar-refractivity contribution in [1.82, 2.24) is 0 Å². The Hall–Kier alpha value is -1.18. The minimum atomic E-state index is -1.82. The molecule has 0 aromatic rings. The van der Waals surface area contributed by atoms with Crippen LogP contribution in [-0.4, -0.2) is 244 Å². The van der Waals surface area contributed by atoms with E-state index < -0.39 is 165 Å². The first kappa shape index (κ1) is 60.9. The van der Waals surface area contributed by atoms with Crippen LogP contribution in [0, 0.1) is 45.3 Å². The van der Waals surface area contributed by atoms with Crippen LogP contribution in [0.25, 0.3) is 0 Å². The maximum atomic E-state index is 12.8. The number of hydrogen-bond donors (Lipinski definition) is 15. The summed E-state index contributed by atoms with van der Waals surface area (Å²) in [4.78, 5) is 0. The molecule has 23 nitrogen and oxygen atoms in total. The second kappa shape index (κ2) is 23.2. The van der Waals surface area contributed by atoms with Gasteiger partial charge in [0, 0.05) is 0 Å². The Morgan fingerprint density at radius 1 is 0.592 bits per heavy atom. The van der Waals surface area contributed by atoms with Crippen molar-refractivity contribution in [2.75, 3.05) is 33.0 Å². The molecule has 4 saturated carbocycles. The number of aliphatic hydroxyl groups excluding tert-OH is 15. The molecule has 8 rings (SSSR count). The van der Waals surface area contributed by atoms with Crippen LogP contribution in [0.15, 0.2) is 11.6 Å². The zero-order valence-corrected chi connectivity index (χ0v) is 44.9. The smallest absolute Gasteiger partial charge is 0.187 e. The second-order valence-electron chi connectivity index (χ2n) is 25.2. The predicted molar refractivity (Wildman–Crippen MR) is 262 cm³/mol. The molecule has 29 atom stereocenters. The molecule has 4 heterocycles. The Balaban J connectivity index is 1.02. The summed E-state index contributed by atoms with van der Waals surface area (Å²) in [5.74, 6) is -0.556. The van der Waals surface area contributed by atoms with E-state index >= 15 is 0 Å². The first-order chi connectivity index (χ1) is 35.6. The van der Waals surface area contributed by atoms with Gasteiger partial charge in [-0.2, -0.15) is 0 Å². The van der Waals surface area contributed by atoms with E-state index in [1.54, 1.807) is 0 Å². The van der Waals surface area contributed by atoms with Crippen molar-refractivity contribution in [3.63, 3.8) is 0 Å². The molecule has 440 valence electrons. The van der Waals surface area contributed by atoms with E-state index in [0.29, 0.717) is 38.5 Å². The van der Waals surface area contributed by atoms with Gasteiger partial charge in [0.15, 0.2) is 25.2 Å². The Morgan fingerprint density at radius 2 is 1.17 bits per heavy atom. The van der Waals surface area contributed by atoms with Gasteiger partial charge in [-0.25, -0.2) is 0 Å². The van der Waals surface area contributed by atoms with Crippen molar-refractivity contribution in [1.29, 1.82) is 0 Å². The Labute approximate surface area is 444 Å². The number of rotatable bonds is 16. The molecule has 0 radical (unpaired) electrons. The van der Waals surface area contributed by atoms with Gasteiger partial charge in [-0.05, 0) is 117 Å². The standard InChI is InChI=1S/C53H90O23/c1-23(18-54)9-8-13-53(7,76-47-43(68)39(64)37(62)29(73-47)22-70-45-41(66)34(59)26(58)21-69-45)24-10-15-52(6)33(24)25(57)17-31-50(4)14-12-32(49(2,3)30(50)11-16-51(31,52)5)74-48-44(40(65)36(61)28(20-56)72-48)75-46-42(67)38(63)35(60)27(19-55)71-46/h9,24-48,54-68H,8,10-22H2,1-7H3/b23-9+/t24-,25+,26-,27-,28+,29+,30+,31-,32-,33+,34-,35+,36-,37+,38+,39+,40-,41-,42+,43+,44-,45+,46-,47-,48+,50-,51-,52+,53+/m1/s1. The molecule has 0 aromatic carbocycles. The maximum absolute atomic E-state index is 12.8. The molecule has 8 aliphatic rings. The first-order valence-electron chi connectivity index (χ1n) is 27.5. The van der Waals surface area contributed by atoms with Crippen LogP contribution in [0.3, 0.4) is 0 Å². The van der Waals surface area contributed by atoms with Crippen LogP contribution < -0.4 is 0 Å². The van der Waals surface area contributed by atoms with Crippen LogP contribution in [-0.2, 0) is 37.9 Å². The third kappa shape index (κ3) is 10.6. The molecular weight excluding hydrogens is 1000 g/mol. The van der Waals surface area contributed by atoms with Crippen molar-refractivity contribution < 1.29 is 114 Å². The number of allylic oxidation sites excluding steroid dienone is 1. The minimum absolute atomic E-state index is 0.0251. The Morgan fingerprint density at radius 3 is 1.82 bits per heavy atom. The van der Waals surface area contributed by atoms with E-state index in [9.17, 15) is 76.6 Å². The average Bonchev–Trinajstić information content (AvgIpc) is 3.95. The van der Waals surface area contributed by atoms with Gasteiger partial charge < -0.3 is 114 Å². The topological polar surface area (TPSA) is 377 Å². The molecule has 0 bridgehead atoms. The van der Waals surface area contributed by atoms with E-state index in [0.717, 1.165) is 24.8 Å². The zero-order chi connectivity index (χ0) is 55.8. The minimum Gasteiger partial charge on any atom is -0.394 e. The number of ether oxygens (including phenoxy) is 8. The highest BCUT2D eigenvalue weighted by atomic mass is 16.8. The monoisotopic (exact) mass is 1090 g/mol. The molecule has 0 amide bonds. The van der Waals surface area contributed by atoms with E-state index in [4.69, 9.17) is 37.9 Å². The number of hydrogen-bond acceptors (Lipinski definition) is 23. The van der Waals surface area contributed by atoms with Crippen LogP contribution in [0.5, 0.6) is 0 Å². The largest absolute Gasteiger partial charge is 0.394 e. The summed E-state index contributed by atoms with van der Waals surface area (Å²) in [6, 6.07) is 0. The highest BCUT2D eigenvalue weighted by molar-refractivity contribution is 5.21. The summed E-state index contributed by atoms with van der Waals surface area (Å²) in [7, 11) is 0. The molecule has 4 aliphatic heterocycles. The van der Waals surface area contributed by atoms with Crippen LogP contribution in [0.1, 0.15) is 106 Å². The quantitative estimate of drug-likeness (QED) is 0.0557. The predicted octanol–water partition coefficient (Wildman–Crippen LogP) is -2.59. The van der Waals surface area contributed by atoms with Gasteiger partial charge in [0.1, 0.15) is 91.6 Å². The number of aliphatic hydroxyl groups is 15. The summed E-state index contributed by atoms with van der Waals surface area (Å²) >= 11 is 0. The van der Waals surface area contributed by atoms with Gasteiger partial charge in [0.25, 0.3) is 0 Å². The lowest BCUT2D eigenvalue weighted by Crippen LogP contribution is -2.68. The van der Waals surface area contributed by atoms with Gasteiger partial charge in [-0.3, -0.25) is 0 Å². The Bertz CT molecular complexity index is 1970. The Kier molecular flexibility index (Phi) is 18.6. The lowest BCUT2D eigenvalue weighted by Gasteiger charge is -2.71. The van der Waals surface area contributed by atoms with Gasteiger partial charge in [0.05, 0.1) is 50.8 Å². The third-order valence-corrected chi connectivity index (χ3v) is 20.7. The van der Waals surface area contributed by atoms with E-state index in [1.165, 1.54) is 0 Å². The van der Waals surface area contributed by atoms with Crippen molar-refractivity contribution >= 4 is 0 Å². The van der Waals surface area contributed by atoms with Crippen molar-refractivity contribution in [3.05, 3.63) is 11.6 Å². The lowest BCUT2D eigenvalue weighted by molar-refractivity contribution is -0.378. The van der Waals surface area contributed by atoms with Crippen molar-refractivity contribution in [2.45, 2.75) is 241 Å². The molecule has 4 saturated heterocycles. The van der Waals surface area contributed by atoms with Gasteiger partial charge in [-0.15, -0.1) is 0 Å². The van der Waals surface area contributed by atoms with E-state index in [2.05, 4.69) is 34.6 Å². The summed E-state index contributed by atoms with van der Waals surface area (Å²) in [6.45, 7) is 12.6. The molecule has 76 heavy (non-hydrogen) atoms. The second-order valence-corrected chi connectivity index (χ2v) is 25.2. The average molecular weight is 1100 g/mol. The molecule has 0 aromatic heterocycles. The summed E-state index contributed by atoms with van der Waals surface area (Å²) in [6.07, 6.45) is -23.7. The van der Waals surface area contributed by atoms with Crippen molar-refractivity contribution in [3.8, 4) is 0 Å². The molecular formula is C53H90O23. The molecule has 4 aliphatic carbocycles. The SMILES string of the molecule is C/C(=C\CC[C@](C)(O[C@H]1O[C@@H](CO[C@@H]2OC[C@@H](O)[C@@H](O)[C@H]2O)[C@H](O)[C@H](O)[C@@H]1O)[C@@H]1CC[C@@]2(C)[C@@H]1[C@@H](O)C[C@@H]1[C@]3(C)CC[C@@H](O[C@@H]4O[C@@H](CO)[C@@H](O)[C@@H](O)[C@H]4O[C@H]4O[C@H](CO)[C@H](O)[C@H](O)[C@@H]4O)C(C)(C)[C@@H]3CC[C@]12C)CO. The van der Waals surface area contributed by atoms with E-state index in [1.807, 2.05) is 19.9 Å². The summed E-state index contributed by atoms with van der Waals surface area (Å²) < 4.78 is 48.7. The molecule has 0 spiro atoms. The molecule has 0 unspecified atom stereocenters. The van der Waals surface area contributed by atoms with Crippen LogP contribution in [0.2, 0.25) is 0 Å². The van der Waals surface area contributed by atoms with Gasteiger partial charge in [-0.1, -0.05) is 46.3 Å². The highest BCUT2D eigenvalue weighted by Gasteiger charge is 2.72. The fourth-order valence-electron chi connectivity index (χ4n) is 16.0. The van der Waals surface area contributed by atoms with Gasteiger partial charge >= 0.3 is 0 Å². The fraction of sp³-hybridized carbons (Fsp3) is 0.962. The van der Waals surface area contributed by atoms with Crippen LogP contribution >= 0.6 is 0 Å². The molecule has 8 fully saturated rings. The number of fused-ring (bicyclic) bond motifs is 5. The van der Waals surface area contributed by atoms with Crippen molar-refractivity contribution in [2.24, 2.45) is 45.3 Å².